The Hall–Kier alpha value is -1.25. The fraction of sp³-hybridized carbons (Fsp3) is 0.385. The molecular weight excluding hydrogens is 213 g/mol. The number of benzene rings is 1. The molecule has 0 fully saturated rings. The zero-order chi connectivity index (χ0) is 11.6. The van der Waals surface area contributed by atoms with Crippen LogP contribution in [0, 0.1) is 0 Å². The van der Waals surface area contributed by atoms with Crippen LogP contribution in [-0.2, 0) is 6.18 Å². The van der Waals surface area contributed by atoms with Gasteiger partial charge in [0.05, 0.1) is 5.56 Å². The maximum atomic E-state index is 12.5. The van der Waals surface area contributed by atoms with Crippen LogP contribution in [0.25, 0.3) is 0 Å². The van der Waals surface area contributed by atoms with E-state index in [1.54, 1.807) is 6.07 Å². The highest BCUT2D eigenvalue weighted by molar-refractivity contribution is 5.31. The van der Waals surface area contributed by atoms with E-state index in [0.29, 0.717) is 0 Å². The first-order valence-corrected chi connectivity index (χ1v) is 5.41. The Morgan fingerprint density at radius 1 is 1.19 bits per heavy atom. The molecule has 0 saturated carbocycles. The Balaban J connectivity index is 2.28. The fourth-order valence-electron chi connectivity index (χ4n) is 2.04. The molecular formula is C13H13F3. The topological polar surface area (TPSA) is 0 Å². The molecule has 1 aliphatic carbocycles. The lowest BCUT2D eigenvalue weighted by Crippen LogP contribution is -2.07. The van der Waals surface area contributed by atoms with E-state index in [4.69, 9.17) is 0 Å². The maximum Gasteiger partial charge on any atom is 0.416 e. The Morgan fingerprint density at radius 3 is 2.62 bits per heavy atom. The zero-order valence-corrected chi connectivity index (χ0v) is 8.80. The SMILES string of the molecule is FC(F)(F)c1cccc(C2C=CCCC2)c1. The molecule has 0 aromatic heterocycles. The van der Waals surface area contributed by atoms with Crippen LogP contribution in [0.2, 0.25) is 0 Å². The molecule has 0 aliphatic heterocycles. The quantitative estimate of drug-likeness (QED) is 0.617. The molecule has 3 heteroatoms. The predicted molar refractivity (Wildman–Crippen MR) is 57.2 cm³/mol. The van der Waals surface area contributed by atoms with Gasteiger partial charge in [-0.3, -0.25) is 0 Å². The number of hydrogen-bond donors (Lipinski definition) is 0. The number of halogens is 3. The molecule has 1 aromatic carbocycles. The minimum Gasteiger partial charge on any atom is -0.166 e. The average molecular weight is 226 g/mol. The van der Waals surface area contributed by atoms with E-state index >= 15 is 0 Å². The number of alkyl halides is 3. The van der Waals surface area contributed by atoms with Crippen LogP contribution in [-0.4, -0.2) is 0 Å². The maximum absolute atomic E-state index is 12.5. The van der Waals surface area contributed by atoms with Crippen LogP contribution in [0.1, 0.15) is 36.3 Å². The van der Waals surface area contributed by atoms with Crippen molar-refractivity contribution in [3.63, 3.8) is 0 Å². The van der Waals surface area contributed by atoms with Crippen molar-refractivity contribution in [3.05, 3.63) is 47.5 Å². The highest BCUT2D eigenvalue weighted by Gasteiger charge is 2.30. The van der Waals surface area contributed by atoms with E-state index in [9.17, 15) is 13.2 Å². The van der Waals surface area contributed by atoms with Crippen molar-refractivity contribution in [1.82, 2.24) is 0 Å². The molecule has 0 saturated heterocycles. The van der Waals surface area contributed by atoms with Crippen molar-refractivity contribution in [2.75, 3.05) is 0 Å². The van der Waals surface area contributed by atoms with Gasteiger partial charge in [-0.05, 0) is 30.9 Å². The van der Waals surface area contributed by atoms with E-state index < -0.39 is 11.7 Å². The third-order valence-corrected chi connectivity index (χ3v) is 2.90. The van der Waals surface area contributed by atoms with Gasteiger partial charge in [-0.1, -0.05) is 30.4 Å². The number of rotatable bonds is 1. The molecule has 0 N–H and O–H groups in total. The van der Waals surface area contributed by atoms with Gasteiger partial charge in [-0.25, -0.2) is 0 Å². The van der Waals surface area contributed by atoms with Gasteiger partial charge in [0.2, 0.25) is 0 Å². The van der Waals surface area contributed by atoms with Gasteiger partial charge < -0.3 is 0 Å². The predicted octanol–water partition coefficient (Wildman–Crippen LogP) is 4.53. The molecule has 86 valence electrons. The van der Waals surface area contributed by atoms with Crippen molar-refractivity contribution < 1.29 is 13.2 Å². The summed E-state index contributed by atoms with van der Waals surface area (Å²) in [5.74, 6) is 0.149. The molecule has 1 unspecified atom stereocenters. The molecule has 0 radical (unpaired) electrons. The van der Waals surface area contributed by atoms with Crippen LogP contribution >= 0.6 is 0 Å². The van der Waals surface area contributed by atoms with Gasteiger partial charge in [-0.2, -0.15) is 13.2 Å². The summed E-state index contributed by atoms with van der Waals surface area (Å²) in [5, 5.41) is 0. The van der Waals surface area contributed by atoms with E-state index in [-0.39, 0.29) is 5.92 Å². The van der Waals surface area contributed by atoms with Gasteiger partial charge in [-0.15, -0.1) is 0 Å². The smallest absolute Gasteiger partial charge is 0.166 e. The van der Waals surface area contributed by atoms with Gasteiger partial charge >= 0.3 is 6.18 Å². The van der Waals surface area contributed by atoms with Crippen molar-refractivity contribution in [2.24, 2.45) is 0 Å². The van der Waals surface area contributed by atoms with Crippen LogP contribution in [0.3, 0.4) is 0 Å². The van der Waals surface area contributed by atoms with Crippen LogP contribution in [0.4, 0.5) is 13.2 Å². The van der Waals surface area contributed by atoms with Crippen molar-refractivity contribution in [2.45, 2.75) is 31.4 Å². The second kappa shape index (κ2) is 4.32. The normalized spacial score (nSPS) is 21.1. The average Bonchev–Trinajstić information content (AvgIpc) is 2.29. The molecule has 0 amide bonds. The third-order valence-electron chi connectivity index (χ3n) is 2.90. The molecule has 1 atom stereocenters. The Morgan fingerprint density at radius 2 is 2.00 bits per heavy atom. The van der Waals surface area contributed by atoms with Gasteiger partial charge in [0.25, 0.3) is 0 Å². The summed E-state index contributed by atoms with van der Waals surface area (Å²) in [4.78, 5) is 0. The molecule has 0 bridgehead atoms. The summed E-state index contributed by atoms with van der Waals surface area (Å²) >= 11 is 0. The summed E-state index contributed by atoms with van der Waals surface area (Å²) in [7, 11) is 0. The van der Waals surface area contributed by atoms with Crippen molar-refractivity contribution in [1.29, 1.82) is 0 Å². The summed E-state index contributed by atoms with van der Waals surface area (Å²) in [6, 6.07) is 5.65. The lowest BCUT2D eigenvalue weighted by molar-refractivity contribution is -0.137. The molecule has 1 aromatic rings. The minimum absolute atomic E-state index is 0.149. The minimum atomic E-state index is -4.24. The summed E-state index contributed by atoms with van der Waals surface area (Å²) < 4.78 is 37.6. The zero-order valence-electron chi connectivity index (χ0n) is 8.80. The molecule has 16 heavy (non-hydrogen) atoms. The van der Waals surface area contributed by atoms with Gasteiger partial charge in [0.15, 0.2) is 0 Å². The molecule has 0 nitrogen and oxygen atoms in total. The third kappa shape index (κ3) is 2.46. The van der Waals surface area contributed by atoms with Crippen LogP contribution in [0.15, 0.2) is 36.4 Å². The Bertz CT molecular complexity index is 390. The fourth-order valence-corrected chi connectivity index (χ4v) is 2.04. The van der Waals surface area contributed by atoms with E-state index in [0.717, 1.165) is 30.9 Å². The summed E-state index contributed by atoms with van der Waals surface area (Å²) in [6.07, 6.45) is 2.85. The highest BCUT2D eigenvalue weighted by Crippen LogP contribution is 2.33. The van der Waals surface area contributed by atoms with Crippen LogP contribution < -0.4 is 0 Å². The highest BCUT2D eigenvalue weighted by atomic mass is 19.4. The molecule has 2 rings (SSSR count). The standard InChI is InChI=1S/C13H13F3/c14-13(15,16)12-8-4-7-11(9-12)10-5-2-1-3-6-10/h2,4-5,7-10H,1,3,6H2. The van der Waals surface area contributed by atoms with E-state index in [1.807, 2.05) is 6.08 Å². The van der Waals surface area contributed by atoms with Crippen molar-refractivity contribution in [3.8, 4) is 0 Å². The van der Waals surface area contributed by atoms with Crippen LogP contribution in [0.5, 0.6) is 0 Å². The lowest BCUT2D eigenvalue weighted by atomic mass is 9.88. The molecule has 0 spiro atoms. The van der Waals surface area contributed by atoms with Crippen molar-refractivity contribution >= 4 is 0 Å². The molecule has 0 heterocycles. The second-order valence-corrected chi connectivity index (χ2v) is 4.09. The van der Waals surface area contributed by atoms with E-state index in [2.05, 4.69) is 6.08 Å². The second-order valence-electron chi connectivity index (χ2n) is 4.09. The van der Waals surface area contributed by atoms with Gasteiger partial charge in [0.1, 0.15) is 0 Å². The first-order chi connectivity index (χ1) is 7.57. The summed E-state index contributed by atoms with van der Waals surface area (Å²) in [5.41, 5.74) is 0.217. The lowest BCUT2D eigenvalue weighted by Gasteiger charge is -2.18. The Labute approximate surface area is 92.8 Å². The van der Waals surface area contributed by atoms with E-state index in [1.165, 1.54) is 12.1 Å². The summed E-state index contributed by atoms with van der Waals surface area (Å²) in [6.45, 7) is 0. The first-order valence-electron chi connectivity index (χ1n) is 5.41. The largest absolute Gasteiger partial charge is 0.416 e. The molecule has 1 aliphatic rings. The number of hydrogen-bond acceptors (Lipinski definition) is 0. The monoisotopic (exact) mass is 226 g/mol. The first kappa shape index (κ1) is 11.2. The Kier molecular flexibility index (Phi) is 3.03. The number of allylic oxidation sites excluding steroid dienone is 2. The van der Waals surface area contributed by atoms with Gasteiger partial charge in [0, 0.05) is 5.92 Å².